The molecule has 0 saturated carbocycles. The van der Waals surface area contributed by atoms with Crippen LogP contribution < -0.4 is 5.73 Å². The summed E-state index contributed by atoms with van der Waals surface area (Å²) in [5, 5.41) is 0.611. The minimum Gasteiger partial charge on any atom is -0.398 e. The van der Waals surface area contributed by atoms with E-state index in [1.165, 1.54) is 4.88 Å². The highest BCUT2D eigenvalue weighted by molar-refractivity contribution is 7.16. The van der Waals surface area contributed by atoms with Gasteiger partial charge >= 0.3 is 0 Å². The van der Waals surface area contributed by atoms with Crippen molar-refractivity contribution in [2.75, 3.05) is 12.8 Å². The molecule has 2 rings (SSSR count). The maximum atomic E-state index is 6.00. The number of rotatable bonds is 4. The number of benzene rings is 1. The Hall–Kier alpha value is -0.740. The van der Waals surface area contributed by atoms with Crippen molar-refractivity contribution in [1.82, 2.24) is 4.90 Å². The first kappa shape index (κ1) is 13.7. The van der Waals surface area contributed by atoms with Crippen molar-refractivity contribution >= 4 is 40.2 Å². The summed E-state index contributed by atoms with van der Waals surface area (Å²) in [7, 11) is 2.07. The van der Waals surface area contributed by atoms with Crippen LogP contribution in [0, 0.1) is 0 Å². The highest BCUT2D eigenvalue weighted by Crippen LogP contribution is 2.24. The molecule has 96 valence electrons. The smallest absolute Gasteiger partial charge is 0.0931 e. The molecule has 1 heterocycles. The number of hydrogen-bond donors (Lipinski definition) is 1. The van der Waals surface area contributed by atoms with Crippen molar-refractivity contribution in [2.24, 2.45) is 0 Å². The van der Waals surface area contributed by atoms with Crippen molar-refractivity contribution in [3.8, 4) is 0 Å². The first-order chi connectivity index (χ1) is 8.54. The third-order valence-corrected chi connectivity index (χ3v) is 4.12. The van der Waals surface area contributed by atoms with E-state index in [-0.39, 0.29) is 0 Å². The first-order valence-electron chi connectivity index (χ1n) is 5.51. The highest BCUT2D eigenvalue weighted by Gasteiger charge is 2.05. The van der Waals surface area contributed by atoms with Gasteiger partial charge in [0.15, 0.2) is 0 Å². The van der Waals surface area contributed by atoms with Crippen LogP contribution in [0.1, 0.15) is 10.4 Å². The van der Waals surface area contributed by atoms with E-state index in [1.54, 1.807) is 11.3 Å². The van der Waals surface area contributed by atoms with Crippen molar-refractivity contribution in [3.05, 3.63) is 50.1 Å². The molecule has 2 N–H and O–H groups in total. The molecule has 18 heavy (non-hydrogen) atoms. The molecule has 2 aromatic rings. The van der Waals surface area contributed by atoms with Crippen molar-refractivity contribution in [1.29, 1.82) is 0 Å². The van der Waals surface area contributed by atoms with E-state index >= 15 is 0 Å². The second kappa shape index (κ2) is 5.93. The molecule has 2 nitrogen and oxygen atoms in total. The summed E-state index contributed by atoms with van der Waals surface area (Å²) in [6, 6.07) is 9.73. The maximum Gasteiger partial charge on any atom is 0.0931 e. The number of thiophene rings is 1. The summed E-state index contributed by atoms with van der Waals surface area (Å²) in [6.07, 6.45) is 0. The first-order valence-corrected chi connectivity index (χ1v) is 7.08. The monoisotopic (exact) mass is 300 g/mol. The Balaban J connectivity index is 1.98. The number of nitrogen functional groups attached to an aromatic ring is 1. The molecule has 1 aromatic carbocycles. The average Bonchev–Trinajstić information content (AvgIpc) is 2.69. The van der Waals surface area contributed by atoms with Gasteiger partial charge in [-0.25, -0.2) is 0 Å². The maximum absolute atomic E-state index is 6.00. The molecule has 1 aromatic heterocycles. The second-order valence-electron chi connectivity index (χ2n) is 4.23. The molecule has 5 heteroatoms. The summed E-state index contributed by atoms with van der Waals surface area (Å²) in [4.78, 5) is 3.47. The SMILES string of the molecule is CN(Cc1ccc(N)c(Cl)c1)Cc1ccc(Cl)s1. The quantitative estimate of drug-likeness (QED) is 0.855. The minimum atomic E-state index is 0.611. The van der Waals surface area contributed by atoms with Gasteiger partial charge in [0.1, 0.15) is 0 Å². The molecule has 0 atom stereocenters. The van der Waals surface area contributed by atoms with E-state index in [0.717, 1.165) is 23.0 Å². The fourth-order valence-corrected chi connectivity index (χ4v) is 3.11. The Kier molecular flexibility index (Phi) is 4.51. The predicted octanol–water partition coefficient (Wildman–Crippen LogP) is 4.27. The Morgan fingerprint density at radius 1 is 1.17 bits per heavy atom. The Morgan fingerprint density at radius 3 is 2.56 bits per heavy atom. The molecule has 0 aliphatic heterocycles. The van der Waals surface area contributed by atoms with Crippen LogP contribution in [0.2, 0.25) is 9.36 Å². The Morgan fingerprint density at radius 2 is 1.94 bits per heavy atom. The summed E-state index contributed by atoms with van der Waals surface area (Å²) >= 11 is 13.5. The molecular formula is C13H14Cl2N2S. The van der Waals surface area contributed by atoms with E-state index in [2.05, 4.69) is 18.0 Å². The number of hydrogen-bond acceptors (Lipinski definition) is 3. The molecule has 0 unspecified atom stereocenters. The fraction of sp³-hybridized carbons (Fsp3) is 0.231. The molecule has 0 fully saturated rings. The zero-order valence-electron chi connectivity index (χ0n) is 9.99. The lowest BCUT2D eigenvalue weighted by Crippen LogP contribution is -2.16. The van der Waals surface area contributed by atoms with Crippen LogP contribution in [0.3, 0.4) is 0 Å². The van der Waals surface area contributed by atoms with E-state index in [9.17, 15) is 0 Å². The van der Waals surface area contributed by atoms with Crippen LogP contribution in [0.25, 0.3) is 0 Å². The van der Waals surface area contributed by atoms with E-state index in [1.807, 2.05) is 24.3 Å². The predicted molar refractivity (Wildman–Crippen MR) is 80.4 cm³/mol. The third-order valence-electron chi connectivity index (χ3n) is 2.57. The average molecular weight is 301 g/mol. The van der Waals surface area contributed by atoms with Gasteiger partial charge in [-0.1, -0.05) is 29.3 Å². The van der Waals surface area contributed by atoms with Gasteiger partial charge in [0.2, 0.25) is 0 Å². The third kappa shape index (κ3) is 3.62. The van der Waals surface area contributed by atoms with Crippen molar-refractivity contribution in [3.63, 3.8) is 0 Å². The van der Waals surface area contributed by atoms with Gasteiger partial charge in [-0.3, -0.25) is 4.90 Å². The standard InChI is InChI=1S/C13H14Cl2N2S/c1-17(8-10-3-5-13(15)18-10)7-9-2-4-12(16)11(14)6-9/h2-6H,7-8,16H2,1H3. The highest BCUT2D eigenvalue weighted by atomic mass is 35.5. The van der Waals surface area contributed by atoms with Gasteiger partial charge in [0.05, 0.1) is 15.0 Å². The largest absolute Gasteiger partial charge is 0.398 e. The summed E-state index contributed by atoms with van der Waals surface area (Å²) < 4.78 is 0.828. The van der Waals surface area contributed by atoms with E-state index in [0.29, 0.717) is 10.7 Å². The van der Waals surface area contributed by atoms with Crippen LogP contribution in [0.15, 0.2) is 30.3 Å². The molecule has 0 aliphatic rings. The summed E-state index contributed by atoms with van der Waals surface area (Å²) in [5.41, 5.74) is 7.46. The van der Waals surface area contributed by atoms with E-state index < -0.39 is 0 Å². The van der Waals surface area contributed by atoms with Gasteiger partial charge in [-0.15, -0.1) is 11.3 Å². The van der Waals surface area contributed by atoms with Crippen molar-refractivity contribution < 1.29 is 0 Å². The van der Waals surface area contributed by atoms with Crippen molar-refractivity contribution in [2.45, 2.75) is 13.1 Å². The number of nitrogens with zero attached hydrogens (tertiary/aromatic N) is 1. The van der Waals surface area contributed by atoms with Gasteiger partial charge < -0.3 is 5.73 Å². The van der Waals surface area contributed by atoms with Gasteiger partial charge in [0.25, 0.3) is 0 Å². The number of halogens is 2. The summed E-state index contributed by atoms with van der Waals surface area (Å²) in [6.45, 7) is 1.70. The molecule has 0 radical (unpaired) electrons. The van der Waals surface area contributed by atoms with E-state index in [4.69, 9.17) is 28.9 Å². The molecule has 0 spiro atoms. The van der Waals surface area contributed by atoms with Crippen LogP contribution in [0.4, 0.5) is 5.69 Å². The molecular weight excluding hydrogens is 287 g/mol. The molecule has 0 saturated heterocycles. The van der Waals surface area contributed by atoms with Crippen LogP contribution in [-0.4, -0.2) is 11.9 Å². The normalized spacial score (nSPS) is 11.1. The fourth-order valence-electron chi connectivity index (χ4n) is 1.74. The van der Waals surface area contributed by atoms with Gasteiger partial charge in [-0.05, 0) is 36.9 Å². The van der Waals surface area contributed by atoms with Crippen LogP contribution in [0.5, 0.6) is 0 Å². The second-order valence-corrected chi connectivity index (χ2v) is 6.44. The topological polar surface area (TPSA) is 29.3 Å². The lowest BCUT2D eigenvalue weighted by atomic mass is 10.2. The van der Waals surface area contributed by atoms with Crippen LogP contribution >= 0.6 is 34.5 Å². The lowest BCUT2D eigenvalue weighted by molar-refractivity contribution is 0.322. The molecule has 0 amide bonds. The number of nitrogens with two attached hydrogens (primary N) is 1. The minimum absolute atomic E-state index is 0.611. The molecule has 0 aliphatic carbocycles. The zero-order valence-corrected chi connectivity index (χ0v) is 12.3. The van der Waals surface area contributed by atoms with Crippen LogP contribution in [-0.2, 0) is 13.1 Å². The lowest BCUT2D eigenvalue weighted by Gasteiger charge is -2.16. The summed E-state index contributed by atoms with van der Waals surface area (Å²) in [5.74, 6) is 0. The zero-order chi connectivity index (χ0) is 13.1. The van der Waals surface area contributed by atoms with Gasteiger partial charge in [0, 0.05) is 18.0 Å². The molecule has 0 bridgehead atoms. The van der Waals surface area contributed by atoms with Gasteiger partial charge in [-0.2, -0.15) is 0 Å². The number of anilines is 1. The Labute approximate surface area is 121 Å². The Bertz CT molecular complexity index is 540.